The summed E-state index contributed by atoms with van der Waals surface area (Å²) in [6.07, 6.45) is 1.49. The number of likely N-dealkylation sites (tertiary alicyclic amines) is 1. The number of benzene rings is 5. The monoisotopic (exact) mass is 1560 g/mol. The lowest BCUT2D eigenvalue weighted by atomic mass is 9.99. The molecular formula is C80H100ClN15O16. The van der Waals surface area contributed by atoms with Gasteiger partial charge in [-0.1, -0.05) is 112 Å². The van der Waals surface area contributed by atoms with Gasteiger partial charge in [0.2, 0.25) is 65.0 Å². The van der Waals surface area contributed by atoms with Crippen LogP contribution in [-0.4, -0.2) is 189 Å². The lowest BCUT2D eigenvalue weighted by Gasteiger charge is -2.31. The van der Waals surface area contributed by atoms with E-state index in [1.165, 1.54) is 81.4 Å². The summed E-state index contributed by atoms with van der Waals surface area (Å²) in [6, 6.07) is 20.9. The summed E-state index contributed by atoms with van der Waals surface area (Å²) in [4.78, 5) is 201. The predicted molar refractivity (Wildman–Crippen MR) is 418 cm³/mol. The standard InChI is InChI=1S/C80H100ClN15O16/c1-45(2)37-62(71(102)88-61(18-11-12-35-83-46(3)4)79(110)96-36-14-19-68(96)77(108)84-47(5)80(111)112)89-72(103)64(39-51-21-30-59(31-22-51)85-48(6)98)90-73(104)65(40-52-23-32-60(33-24-52)86-49(7)99)91-76(107)67(44-97)93-74(105)66(42-54-15-13-34-82-43-54)92-78(109)69(94-70(101)56-26-28-58(81)29-27-56)95-75(106)63(87-50(8)100)41-53-20-25-55-16-9-10-17-57(55)38-53/h9-10,13,15-17,20-34,38,43,45-47,61-69,83,97H,11-12,14,18-19,35-37,39-42,44H2,1-8H3,(H,84,108)(H,85,98)(H,86,99)(H,87,100)(H,88,102)(H,89,103)(H,90,104)(H,91,107)(H,92,109)(H,93,105)(H,94,101)(H,95,106)(H,111,112)/t47-,61+,62+,63-,64-,65+,66-,67+,68+,69-/m1/s1. The maximum atomic E-state index is 15.3. The number of carbonyl (C=O) groups excluding carboxylic acids is 13. The van der Waals surface area contributed by atoms with E-state index in [0.717, 1.165) is 10.8 Å². The van der Waals surface area contributed by atoms with E-state index in [1.807, 2.05) is 50.2 Å². The number of rotatable bonds is 40. The van der Waals surface area contributed by atoms with E-state index < -0.39 is 144 Å². The molecule has 1 aromatic heterocycles. The second-order valence-electron chi connectivity index (χ2n) is 28.3. The number of carboxylic acids is 1. The number of unbranched alkanes of at least 4 members (excludes halogenated alkanes) is 1. The van der Waals surface area contributed by atoms with Gasteiger partial charge in [0.05, 0.1) is 6.61 Å². The Balaban J connectivity index is 1.19. The molecule has 0 aliphatic carbocycles. The van der Waals surface area contributed by atoms with E-state index in [4.69, 9.17) is 11.6 Å². The molecule has 0 bridgehead atoms. The molecule has 5 aromatic carbocycles. The van der Waals surface area contributed by atoms with Crippen LogP contribution in [0.2, 0.25) is 5.02 Å². The highest BCUT2D eigenvalue weighted by molar-refractivity contribution is 6.30. The molecule has 0 saturated carbocycles. The van der Waals surface area contributed by atoms with Crippen molar-refractivity contribution in [2.24, 2.45) is 5.92 Å². The van der Waals surface area contributed by atoms with Gasteiger partial charge < -0.3 is 84.2 Å². The Morgan fingerprint density at radius 2 is 1.00 bits per heavy atom. The number of pyridine rings is 1. The third-order valence-corrected chi connectivity index (χ3v) is 18.4. The highest BCUT2D eigenvalue weighted by Crippen LogP contribution is 2.23. The molecule has 0 unspecified atom stereocenters. The van der Waals surface area contributed by atoms with Crippen molar-refractivity contribution in [3.8, 4) is 0 Å². The predicted octanol–water partition coefficient (Wildman–Crippen LogP) is 3.15. The molecule has 32 heteroatoms. The van der Waals surface area contributed by atoms with Gasteiger partial charge >= 0.3 is 5.97 Å². The molecule has 1 aliphatic rings. The van der Waals surface area contributed by atoms with Crippen LogP contribution in [0.4, 0.5) is 11.4 Å². The highest BCUT2D eigenvalue weighted by atomic mass is 35.5. The van der Waals surface area contributed by atoms with Crippen molar-refractivity contribution in [3.05, 3.63) is 173 Å². The van der Waals surface area contributed by atoms with Crippen LogP contribution >= 0.6 is 11.6 Å². The van der Waals surface area contributed by atoms with E-state index in [-0.39, 0.29) is 79.9 Å². The average Bonchev–Trinajstić information content (AvgIpc) is 1.15. The second kappa shape index (κ2) is 43.0. The van der Waals surface area contributed by atoms with E-state index >= 15 is 9.59 Å². The van der Waals surface area contributed by atoms with Gasteiger partial charge in [0.25, 0.3) is 11.8 Å². The minimum absolute atomic E-state index is 0.00259. The van der Waals surface area contributed by atoms with Gasteiger partial charge in [0, 0.05) is 93.4 Å². The SMILES string of the molecule is CC(=O)Nc1ccc(C[C@H](NC(=O)[C@H](CO)NC(=O)[C@@H](Cc2cccnc2)NC(=O)[C@H](NC(=O)c2ccc(Cl)cc2)NC(=O)[C@@H](Cc2ccc3ccccc3c2)NC(C)=O)C(=O)N[C@H](Cc2ccc(NC(C)=O)cc2)C(=O)N[C@@H](CC(C)C)C(=O)N[C@@H](CCCCNC(C)C)C(=O)N2CCC[C@H]2C(=O)N[C@H](C)C(=O)O)cc1. The first-order valence-corrected chi connectivity index (χ1v) is 37.4. The first-order chi connectivity index (χ1) is 53.3. The molecule has 0 radical (unpaired) electrons. The molecule has 15 N–H and O–H groups in total. The number of fused-ring (bicyclic) bond motifs is 1. The number of anilines is 2. The summed E-state index contributed by atoms with van der Waals surface area (Å²) in [5, 5.41) is 57.4. The smallest absolute Gasteiger partial charge is 0.325 e. The van der Waals surface area contributed by atoms with Crippen molar-refractivity contribution in [2.75, 3.05) is 30.3 Å². The van der Waals surface area contributed by atoms with Gasteiger partial charge in [0.1, 0.15) is 54.4 Å². The van der Waals surface area contributed by atoms with Crippen molar-refractivity contribution >= 4 is 117 Å². The summed E-state index contributed by atoms with van der Waals surface area (Å²) < 4.78 is 0. The number of aliphatic hydroxyl groups excluding tert-OH is 1. The third-order valence-electron chi connectivity index (χ3n) is 18.2. The minimum atomic E-state index is -1.99. The van der Waals surface area contributed by atoms with Crippen LogP contribution < -0.4 is 69.1 Å². The second-order valence-corrected chi connectivity index (χ2v) is 28.8. The number of aliphatic hydroxyl groups is 1. The summed E-state index contributed by atoms with van der Waals surface area (Å²) >= 11 is 6.14. The largest absolute Gasteiger partial charge is 0.480 e. The number of nitrogens with zero attached hydrogens (tertiary/aromatic N) is 2. The number of carbonyl (C=O) groups is 14. The van der Waals surface area contributed by atoms with Crippen molar-refractivity contribution in [1.29, 1.82) is 0 Å². The number of aliphatic carboxylic acids is 1. The molecule has 10 atom stereocenters. The first-order valence-electron chi connectivity index (χ1n) is 37.1. The Morgan fingerprint density at radius 3 is 1.54 bits per heavy atom. The molecule has 598 valence electrons. The minimum Gasteiger partial charge on any atom is -0.480 e. The number of amides is 13. The number of hydrogen-bond acceptors (Lipinski definition) is 17. The van der Waals surface area contributed by atoms with Crippen molar-refractivity contribution < 1.29 is 77.3 Å². The first kappa shape index (κ1) is 87.5. The fraction of sp³-hybridized carbons (Fsp3) is 0.412. The van der Waals surface area contributed by atoms with Crippen LogP contribution in [0.5, 0.6) is 0 Å². The number of hydrogen-bond donors (Lipinski definition) is 15. The summed E-state index contributed by atoms with van der Waals surface area (Å²) in [6.45, 7) is 12.2. The van der Waals surface area contributed by atoms with Crippen molar-refractivity contribution in [2.45, 2.75) is 186 Å². The Hall–Kier alpha value is -11.7. The van der Waals surface area contributed by atoms with Crippen LogP contribution in [0.3, 0.4) is 0 Å². The van der Waals surface area contributed by atoms with Crippen molar-refractivity contribution in [3.63, 3.8) is 0 Å². The van der Waals surface area contributed by atoms with Crippen LogP contribution in [0, 0.1) is 5.92 Å². The highest BCUT2D eigenvalue weighted by Gasteiger charge is 2.41. The fourth-order valence-electron chi connectivity index (χ4n) is 12.5. The van der Waals surface area contributed by atoms with E-state index in [1.54, 1.807) is 68.4 Å². The molecule has 6 aromatic rings. The normalized spacial score (nSPS) is 14.9. The fourth-order valence-corrected chi connectivity index (χ4v) is 12.6. The van der Waals surface area contributed by atoms with Crippen LogP contribution in [0.1, 0.15) is 127 Å². The molecule has 2 heterocycles. The van der Waals surface area contributed by atoms with Gasteiger partial charge in [-0.3, -0.25) is 72.1 Å². The van der Waals surface area contributed by atoms with Gasteiger partial charge in [-0.2, -0.15) is 0 Å². The molecular weight excluding hydrogens is 1460 g/mol. The molecule has 1 aliphatic heterocycles. The lowest BCUT2D eigenvalue weighted by molar-refractivity contribution is -0.144. The molecule has 13 amide bonds. The molecule has 0 spiro atoms. The number of carboxylic acid groups (broad SMARTS) is 1. The van der Waals surface area contributed by atoms with Crippen LogP contribution in [0.25, 0.3) is 10.8 Å². The van der Waals surface area contributed by atoms with Crippen LogP contribution in [-0.2, 0) is 88.0 Å². The number of nitrogens with one attached hydrogen (secondary N) is 13. The molecule has 31 nitrogen and oxygen atoms in total. The van der Waals surface area contributed by atoms with Gasteiger partial charge in [-0.15, -0.1) is 0 Å². The quantitative estimate of drug-likeness (QED) is 0.0194. The Labute approximate surface area is 654 Å². The zero-order valence-corrected chi connectivity index (χ0v) is 64.5. The topological polar surface area (TPSA) is 452 Å². The van der Waals surface area contributed by atoms with Crippen molar-refractivity contribution in [1.82, 2.24) is 68.4 Å². The molecule has 1 fully saturated rings. The average molecular weight is 1560 g/mol. The van der Waals surface area contributed by atoms with Gasteiger partial charge in [-0.05, 0) is 146 Å². The third kappa shape index (κ3) is 28.0. The Bertz CT molecular complexity index is 4310. The van der Waals surface area contributed by atoms with E-state index in [9.17, 15) is 67.7 Å². The Kier molecular flexibility index (Phi) is 33.6. The number of halogens is 1. The zero-order chi connectivity index (χ0) is 81.7. The summed E-state index contributed by atoms with van der Waals surface area (Å²) in [5.74, 6) is -12.2. The number of aromatic nitrogens is 1. The van der Waals surface area contributed by atoms with E-state index in [0.29, 0.717) is 59.4 Å². The molecule has 1 saturated heterocycles. The zero-order valence-electron chi connectivity index (χ0n) is 63.8. The molecule has 7 rings (SSSR count). The van der Waals surface area contributed by atoms with Crippen LogP contribution in [0.15, 0.2) is 140 Å². The lowest BCUT2D eigenvalue weighted by Crippen LogP contribution is -2.63. The summed E-state index contributed by atoms with van der Waals surface area (Å²) in [5.41, 5.74) is 2.53. The van der Waals surface area contributed by atoms with E-state index in [2.05, 4.69) is 74.1 Å². The maximum Gasteiger partial charge on any atom is 0.325 e. The summed E-state index contributed by atoms with van der Waals surface area (Å²) in [7, 11) is 0. The Morgan fingerprint density at radius 1 is 0.500 bits per heavy atom. The molecule has 112 heavy (non-hydrogen) atoms. The van der Waals surface area contributed by atoms with Gasteiger partial charge in [0.15, 0.2) is 6.17 Å². The maximum absolute atomic E-state index is 15.3. The van der Waals surface area contributed by atoms with Gasteiger partial charge in [-0.25, -0.2) is 0 Å².